The molecular weight excluding hydrogens is 554 g/mol. The standard InChI is InChI=1S/C31H34F2N8O2/c1-17(18(2)34)22-13-25(26-23(32)5-4-6-24(26)33)37-14-20-15-38-30(40-27(20)22)39-21-9-7-19(8-10-21)28(42)41-12-11-31(16-41,36-3)29(35)43/h4-10,13,15,29,36,43H,11-12,14,16,34-35H2,1-3H3,(H,38,39,40)/b18-17-. The molecule has 1 amide bonds. The number of anilines is 2. The number of allylic oxidation sites excluding steroid dienone is 4. The van der Waals surface area contributed by atoms with Gasteiger partial charge in [-0.05, 0) is 75.4 Å². The van der Waals surface area contributed by atoms with Gasteiger partial charge in [-0.2, -0.15) is 0 Å². The predicted octanol–water partition coefficient (Wildman–Crippen LogP) is 3.22. The minimum absolute atomic E-state index is 0.110. The number of halogens is 2. The molecule has 5 rings (SSSR count). The van der Waals surface area contributed by atoms with Crippen molar-refractivity contribution >= 4 is 28.8 Å². The van der Waals surface area contributed by atoms with Gasteiger partial charge in [0.25, 0.3) is 5.91 Å². The number of likely N-dealkylation sites (N-methyl/N-ethyl adjacent to an activating group) is 1. The van der Waals surface area contributed by atoms with E-state index in [4.69, 9.17) is 16.5 Å². The summed E-state index contributed by atoms with van der Waals surface area (Å²) in [5, 5.41) is 16.2. The summed E-state index contributed by atoms with van der Waals surface area (Å²) >= 11 is 0. The molecule has 0 saturated carbocycles. The maximum Gasteiger partial charge on any atom is 0.253 e. The molecule has 10 nitrogen and oxygen atoms in total. The Morgan fingerprint density at radius 3 is 2.44 bits per heavy atom. The van der Waals surface area contributed by atoms with Crippen molar-refractivity contribution in [1.82, 2.24) is 20.2 Å². The van der Waals surface area contributed by atoms with Gasteiger partial charge < -0.3 is 32.1 Å². The van der Waals surface area contributed by atoms with Crippen molar-refractivity contribution < 1.29 is 18.7 Å². The van der Waals surface area contributed by atoms with Crippen molar-refractivity contribution in [3.8, 4) is 0 Å². The van der Waals surface area contributed by atoms with Crippen LogP contribution in [0.25, 0.3) is 5.57 Å². The van der Waals surface area contributed by atoms with E-state index in [1.165, 1.54) is 18.2 Å². The fourth-order valence-electron chi connectivity index (χ4n) is 5.24. The number of benzene rings is 2. The first-order valence-corrected chi connectivity index (χ1v) is 13.8. The van der Waals surface area contributed by atoms with E-state index in [0.29, 0.717) is 58.9 Å². The second kappa shape index (κ2) is 12.0. The van der Waals surface area contributed by atoms with Crippen molar-refractivity contribution in [2.24, 2.45) is 16.5 Å². The Balaban J connectivity index is 1.40. The first-order valence-electron chi connectivity index (χ1n) is 13.8. The third-order valence-electron chi connectivity index (χ3n) is 8.07. The number of fused-ring (bicyclic) bond motifs is 1. The van der Waals surface area contributed by atoms with Crippen LogP contribution >= 0.6 is 0 Å². The number of aliphatic imine (C=N–C) groups is 1. The van der Waals surface area contributed by atoms with E-state index < -0.39 is 23.4 Å². The molecular formula is C31H34F2N8O2. The Morgan fingerprint density at radius 2 is 1.84 bits per heavy atom. The van der Waals surface area contributed by atoms with E-state index in [0.717, 1.165) is 0 Å². The second-order valence-corrected chi connectivity index (χ2v) is 10.8. The van der Waals surface area contributed by atoms with Gasteiger partial charge in [-0.25, -0.2) is 18.7 Å². The minimum Gasteiger partial charge on any atom is -0.402 e. The average molecular weight is 589 g/mol. The molecule has 7 N–H and O–H groups in total. The summed E-state index contributed by atoms with van der Waals surface area (Å²) in [6, 6.07) is 10.6. The summed E-state index contributed by atoms with van der Waals surface area (Å²) < 4.78 is 29.3. The van der Waals surface area contributed by atoms with Crippen molar-refractivity contribution in [3.05, 3.63) is 100 Å². The maximum atomic E-state index is 14.7. The SMILES string of the molecule is CNC1(C(N)O)CCN(C(=O)c2ccc(Nc3ncc4c(n3)C(/C(C)=C(/C)N)=CC(c3c(F)cccc3F)=NC4)cc2)C1. The summed E-state index contributed by atoms with van der Waals surface area (Å²) in [5.41, 5.74) is 15.2. The van der Waals surface area contributed by atoms with Crippen molar-refractivity contribution in [1.29, 1.82) is 0 Å². The number of aliphatic hydroxyl groups excluding tert-OH is 1. The number of likely N-dealkylation sites (tertiary alicyclic amines) is 1. The lowest BCUT2D eigenvalue weighted by atomic mass is 9.97. The summed E-state index contributed by atoms with van der Waals surface area (Å²) in [7, 11) is 1.72. The van der Waals surface area contributed by atoms with Crippen LogP contribution in [0.2, 0.25) is 0 Å². The molecule has 1 aromatic heterocycles. The van der Waals surface area contributed by atoms with Crippen LogP contribution in [0.15, 0.2) is 71.0 Å². The smallest absolute Gasteiger partial charge is 0.253 e. The Hall–Kier alpha value is -4.52. The van der Waals surface area contributed by atoms with Gasteiger partial charge in [0, 0.05) is 47.4 Å². The number of aliphatic hydroxyl groups is 1. The molecule has 1 fully saturated rings. The lowest BCUT2D eigenvalue weighted by Crippen LogP contribution is -2.58. The van der Waals surface area contributed by atoms with Crippen LogP contribution < -0.4 is 22.1 Å². The Labute approximate surface area is 248 Å². The van der Waals surface area contributed by atoms with E-state index in [1.54, 1.807) is 55.4 Å². The molecule has 2 aliphatic heterocycles. The molecule has 2 aromatic carbocycles. The molecule has 12 heteroatoms. The zero-order valence-corrected chi connectivity index (χ0v) is 24.2. The fraction of sp³-hybridized carbons (Fsp3) is 0.290. The Morgan fingerprint density at radius 1 is 1.14 bits per heavy atom. The van der Waals surface area contributed by atoms with E-state index in [1.807, 2.05) is 6.92 Å². The predicted molar refractivity (Wildman–Crippen MR) is 161 cm³/mol. The van der Waals surface area contributed by atoms with Crippen LogP contribution in [0.3, 0.4) is 0 Å². The molecule has 2 atom stereocenters. The third kappa shape index (κ3) is 5.89. The summed E-state index contributed by atoms with van der Waals surface area (Å²) in [6.07, 6.45) is 2.66. The molecule has 1 saturated heterocycles. The summed E-state index contributed by atoms with van der Waals surface area (Å²) in [5.74, 6) is -1.32. The molecule has 2 aliphatic rings. The number of carbonyl (C=O) groups is 1. The summed E-state index contributed by atoms with van der Waals surface area (Å²) in [6.45, 7) is 4.43. The molecule has 0 radical (unpaired) electrons. The monoisotopic (exact) mass is 588 g/mol. The summed E-state index contributed by atoms with van der Waals surface area (Å²) in [4.78, 5) is 28.4. The van der Waals surface area contributed by atoms with Gasteiger partial charge in [0.2, 0.25) is 5.95 Å². The Bertz CT molecular complexity index is 1630. The molecule has 0 spiro atoms. The van der Waals surface area contributed by atoms with Crippen molar-refractivity contribution in [3.63, 3.8) is 0 Å². The van der Waals surface area contributed by atoms with Crippen LogP contribution in [0, 0.1) is 11.6 Å². The normalized spacial score (nSPS) is 19.6. The van der Waals surface area contributed by atoms with Crippen LogP contribution in [-0.4, -0.2) is 63.5 Å². The van der Waals surface area contributed by atoms with Gasteiger partial charge in [0.05, 0.1) is 29.1 Å². The van der Waals surface area contributed by atoms with Gasteiger partial charge in [-0.1, -0.05) is 6.07 Å². The van der Waals surface area contributed by atoms with E-state index in [2.05, 4.69) is 20.6 Å². The molecule has 3 heterocycles. The largest absolute Gasteiger partial charge is 0.402 e. The molecule has 0 bridgehead atoms. The van der Waals surface area contributed by atoms with Crippen LogP contribution in [0.5, 0.6) is 0 Å². The van der Waals surface area contributed by atoms with Gasteiger partial charge in [0.1, 0.15) is 17.9 Å². The first kappa shape index (κ1) is 30.0. The number of amides is 1. The highest BCUT2D eigenvalue weighted by atomic mass is 19.1. The maximum absolute atomic E-state index is 14.7. The van der Waals surface area contributed by atoms with Crippen LogP contribution in [-0.2, 0) is 6.54 Å². The molecule has 224 valence electrons. The number of nitrogens with two attached hydrogens (primary N) is 2. The van der Waals surface area contributed by atoms with Gasteiger partial charge in [0.15, 0.2) is 0 Å². The number of nitrogens with zero attached hydrogens (tertiary/aromatic N) is 4. The molecule has 2 unspecified atom stereocenters. The number of carbonyl (C=O) groups excluding carboxylic acids is 1. The molecule has 0 aliphatic carbocycles. The number of nitrogens with one attached hydrogen (secondary N) is 2. The van der Waals surface area contributed by atoms with Crippen molar-refractivity contribution in [2.45, 2.75) is 38.6 Å². The number of aromatic nitrogens is 2. The zero-order chi connectivity index (χ0) is 30.9. The van der Waals surface area contributed by atoms with Crippen LogP contribution in [0.1, 0.15) is 47.4 Å². The fourth-order valence-corrected chi connectivity index (χ4v) is 5.24. The molecule has 3 aromatic rings. The number of hydrogen-bond donors (Lipinski definition) is 5. The van der Waals surface area contributed by atoms with Gasteiger partial charge >= 0.3 is 0 Å². The topological polar surface area (TPSA) is 155 Å². The van der Waals surface area contributed by atoms with Gasteiger partial charge in [-0.15, -0.1) is 0 Å². The highest BCUT2D eigenvalue weighted by Gasteiger charge is 2.43. The molecule has 43 heavy (non-hydrogen) atoms. The van der Waals surface area contributed by atoms with Crippen molar-refractivity contribution in [2.75, 3.05) is 25.5 Å². The zero-order valence-electron chi connectivity index (χ0n) is 24.2. The van der Waals surface area contributed by atoms with E-state index in [9.17, 15) is 18.7 Å². The first-order chi connectivity index (χ1) is 20.5. The number of rotatable bonds is 7. The third-order valence-corrected chi connectivity index (χ3v) is 8.07. The number of hydrogen-bond acceptors (Lipinski definition) is 9. The van der Waals surface area contributed by atoms with Gasteiger partial charge in [-0.3, -0.25) is 9.79 Å². The average Bonchev–Trinajstić information content (AvgIpc) is 3.36. The Kier molecular flexibility index (Phi) is 8.36. The quantitative estimate of drug-likeness (QED) is 0.264. The van der Waals surface area contributed by atoms with E-state index in [-0.39, 0.29) is 29.7 Å². The minimum atomic E-state index is -1.09. The van der Waals surface area contributed by atoms with E-state index >= 15 is 0 Å². The lowest BCUT2D eigenvalue weighted by molar-refractivity contribution is 0.0633. The second-order valence-electron chi connectivity index (χ2n) is 10.8. The van der Waals surface area contributed by atoms with Crippen LogP contribution in [0.4, 0.5) is 20.4 Å². The highest BCUT2D eigenvalue weighted by molar-refractivity contribution is 6.14. The highest BCUT2D eigenvalue weighted by Crippen LogP contribution is 2.31. The lowest BCUT2D eigenvalue weighted by Gasteiger charge is -2.31.